The molecular weight excluding hydrogens is 400 g/mol. The zero-order valence-electron chi connectivity index (χ0n) is 17.5. The fourth-order valence-corrected chi connectivity index (χ4v) is 3.95. The largest absolute Gasteiger partial charge is 0.465 e. The highest BCUT2D eigenvalue weighted by molar-refractivity contribution is 6.07. The average molecular weight is 424 g/mol. The summed E-state index contributed by atoms with van der Waals surface area (Å²) in [5.74, 6) is -1.33. The van der Waals surface area contributed by atoms with Gasteiger partial charge >= 0.3 is 11.9 Å². The Labute approximate surface area is 179 Å². The molecule has 0 radical (unpaired) electrons. The Morgan fingerprint density at radius 1 is 0.903 bits per heavy atom. The van der Waals surface area contributed by atoms with Crippen molar-refractivity contribution in [2.45, 2.75) is 25.7 Å². The van der Waals surface area contributed by atoms with Gasteiger partial charge in [-0.25, -0.2) is 14.2 Å². The zero-order chi connectivity index (χ0) is 21.8. The molecule has 1 saturated heterocycles. The molecule has 0 spiro atoms. The van der Waals surface area contributed by atoms with E-state index in [4.69, 9.17) is 14.1 Å². The molecule has 2 aliphatic heterocycles. The summed E-state index contributed by atoms with van der Waals surface area (Å²) in [5, 5.41) is 8.26. The molecule has 9 heteroatoms. The van der Waals surface area contributed by atoms with Gasteiger partial charge in [0.25, 0.3) is 0 Å². The average Bonchev–Trinajstić information content (AvgIpc) is 3.00. The van der Waals surface area contributed by atoms with Gasteiger partial charge in [-0.1, -0.05) is 18.9 Å². The number of nitrogens with zero attached hydrogens (tertiary/aromatic N) is 4. The minimum atomic E-state index is -0.683. The van der Waals surface area contributed by atoms with Crippen molar-refractivity contribution >= 4 is 34.3 Å². The van der Waals surface area contributed by atoms with Gasteiger partial charge in [0.05, 0.1) is 31.2 Å². The summed E-state index contributed by atoms with van der Waals surface area (Å²) in [7, 11) is 2.52. The number of allylic oxidation sites excluding steroid dienone is 2. The van der Waals surface area contributed by atoms with E-state index in [0.29, 0.717) is 16.7 Å². The summed E-state index contributed by atoms with van der Waals surface area (Å²) in [5.41, 5.74) is 2.66. The Balaban J connectivity index is 1.85. The highest BCUT2D eigenvalue weighted by Crippen LogP contribution is 2.36. The van der Waals surface area contributed by atoms with Crippen LogP contribution in [0.4, 0.5) is 11.4 Å². The molecule has 162 valence electrons. The minimum absolute atomic E-state index is 0.0196. The van der Waals surface area contributed by atoms with E-state index in [1.807, 2.05) is 12.1 Å². The summed E-state index contributed by atoms with van der Waals surface area (Å²) in [6.07, 6.45) is 11.2. The normalized spacial score (nSPS) is 17.0. The molecular formula is C22H24N4O5. The first-order chi connectivity index (χ1) is 15.2. The van der Waals surface area contributed by atoms with Crippen LogP contribution in [0.25, 0.3) is 11.0 Å². The summed E-state index contributed by atoms with van der Waals surface area (Å²) < 4.78 is 14.9. The maximum Gasteiger partial charge on any atom is 0.355 e. The smallest absolute Gasteiger partial charge is 0.355 e. The number of carbonyl (C=O) groups is 2. The summed E-state index contributed by atoms with van der Waals surface area (Å²) >= 11 is 0. The van der Waals surface area contributed by atoms with E-state index >= 15 is 0 Å². The van der Waals surface area contributed by atoms with E-state index in [-0.39, 0.29) is 11.3 Å². The number of ether oxygens (including phenoxy) is 2. The van der Waals surface area contributed by atoms with Crippen molar-refractivity contribution in [3.63, 3.8) is 0 Å². The van der Waals surface area contributed by atoms with E-state index in [0.717, 1.165) is 31.6 Å². The van der Waals surface area contributed by atoms with Gasteiger partial charge in [0.2, 0.25) is 0 Å². The predicted molar refractivity (Wildman–Crippen MR) is 114 cm³/mol. The number of methoxy groups -OCH3 is 2. The van der Waals surface area contributed by atoms with Gasteiger partial charge in [-0.2, -0.15) is 0 Å². The Morgan fingerprint density at radius 3 is 2.23 bits per heavy atom. The van der Waals surface area contributed by atoms with Crippen LogP contribution >= 0.6 is 0 Å². The number of rotatable bonds is 4. The number of hydrogen-bond acceptors (Lipinski definition) is 9. The number of benzene rings is 1. The molecule has 4 rings (SSSR count). The first-order valence-electron chi connectivity index (χ1n) is 10.2. The molecule has 0 unspecified atom stereocenters. The quantitative estimate of drug-likeness (QED) is 0.686. The lowest BCUT2D eigenvalue weighted by molar-refractivity contribution is -0.139. The van der Waals surface area contributed by atoms with E-state index < -0.39 is 11.9 Å². The topological polar surface area (TPSA) is 98.0 Å². The lowest BCUT2D eigenvalue weighted by Gasteiger charge is -2.26. The van der Waals surface area contributed by atoms with Crippen LogP contribution in [0.15, 0.2) is 52.5 Å². The molecule has 0 bridgehead atoms. The second-order valence-electron chi connectivity index (χ2n) is 7.28. The van der Waals surface area contributed by atoms with E-state index in [9.17, 15) is 9.59 Å². The van der Waals surface area contributed by atoms with Gasteiger partial charge in [-0.3, -0.25) is 0 Å². The van der Waals surface area contributed by atoms with Gasteiger partial charge in [0, 0.05) is 19.3 Å². The standard InChI is InChI=1S/C22H24N4O5/c1-29-21(27)15-9-5-8-14-26(20(15)22(28)30-2)17-11-10-16(18-19(17)24-31-23-18)25-12-6-3-4-7-13-25/h5,8-11,14H,3-4,6-7,12-13H2,1-2H3. The van der Waals surface area contributed by atoms with Crippen LogP contribution in [0.1, 0.15) is 25.7 Å². The van der Waals surface area contributed by atoms with Crippen molar-refractivity contribution in [3.05, 3.63) is 47.8 Å². The van der Waals surface area contributed by atoms with E-state index in [1.165, 1.54) is 33.1 Å². The van der Waals surface area contributed by atoms with Crippen molar-refractivity contribution in [1.29, 1.82) is 0 Å². The molecule has 0 aliphatic carbocycles. The lowest BCUT2D eigenvalue weighted by atomic mass is 10.1. The summed E-state index contributed by atoms with van der Waals surface area (Å²) in [4.78, 5) is 28.9. The van der Waals surface area contributed by atoms with Gasteiger partial charge < -0.3 is 19.3 Å². The fourth-order valence-electron chi connectivity index (χ4n) is 3.95. The van der Waals surface area contributed by atoms with Crippen molar-refractivity contribution in [1.82, 2.24) is 10.3 Å². The molecule has 2 aromatic rings. The van der Waals surface area contributed by atoms with Gasteiger partial charge in [0.1, 0.15) is 5.70 Å². The number of carbonyl (C=O) groups excluding carboxylic acids is 2. The zero-order valence-corrected chi connectivity index (χ0v) is 17.5. The lowest BCUT2D eigenvalue weighted by Crippen LogP contribution is -2.27. The number of aromatic nitrogens is 2. The van der Waals surface area contributed by atoms with Crippen LogP contribution in [0, 0.1) is 0 Å². The molecule has 3 heterocycles. The van der Waals surface area contributed by atoms with Gasteiger partial charge in [-0.15, -0.1) is 0 Å². The number of esters is 2. The van der Waals surface area contributed by atoms with Crippen LogP contribution in [0.2, 0.25) is 0 Å². The van der Waals surface area contributed by atoms with E-state index in [1.54, 1.807) is 23.3 Å². The van der Waals surface area contributed by atoms with Crippen LogP contribution in [0.3, 0.4) is 0 Å². The van der Waals surface area contributed by atoms with Crippen molar-refractivity contribution in [3.8, 4) is 0 Å². The van der Waals surface area contributed by atoms with Crippen LogP contribution < -0.4 is 9.80 Å². The number of hydrogen-bond donors (Lipinski definition) is 0. The SMILES string of the molecule is COC(=O)C1=C(C(=O)OC)N(c2ccc(N3CCCCCC3)c3nonc23)C=CC=C1. The van der Waals surface area contributed by atoms with Crippen LogP contribution in [0.5, 0.6) is 0 Å². The van der Waals surface area contributed by atoms with Crippen molar-refractivity contribution < 1.29 is 23.7 Å². The highest BCUT2D eigenvalue weighted by Gasteiger charge is 2.30. The third kappa shape index (κ3) is 3.90. The molecule has 1 fully saturated rings. The Hall–Kier alpha value is -3.62. The second-order valence-corrected chi connectivity index (χ2v) is 7.28. The second kappa shape index (κ2) is 9.03. The number of fused-ring (bicyclic) bond motifs is 1. The summed E-state index contributed by atoms with van der Waals surface area (Å²) in [6, 6.07) is 3.80. The molecule has 1 aromatic heterocycles. The molecule has 0 atom stereocenters. The molecule has 0 amide bonds. The Kier molecular flexibility index (Phi) is 6.01. The molecule has 0 N–H and O–H groups in total. The third-order valence-electron chi connectivity index (χ3n) is 5.47. The predicted octanol–water partition coefficient (Wildman–Crippen LogP) is 3.09. The van der Waals surface area contributed by atoms with Gasteiger partial charge in [0.15, 0.2) is 11.0 Å². The maximum absolute atomic E-state index is 12.7. The molecule has 1 aromatic carbocycles. The number of anilines is 2. The van der Waals surface area contributed by atoms with E-state index in [2.05, 4.69) is 15.2 Å². The monoisotopic (exact) mass is 424 g/mol. The fraction of sp³-hybridized carbons (Fsp3) is 0.364. The Morgan fingerprint density at radius 2 is 1.55 bits per heavy atom. The third-order valence-corrected chi connectivity index (χ3v) is 5.47. The van der Waals surface area contributed by atoms with Crippen LogP contribution in [-0.4, -0.2) is 49.6 Å². The highest BCUT2D eigenvalue weighted by atomic mass is 16.6. The maximum atomic E-state index is 12.7. The minimum Gasteiger partial charge on any atom is -0.465 e. The first kappa shape index (κ1) is 20.6. The van der Waals surface area contributed by atoms with Crippen molar-refractivity contribution in [2.24, 2.45) is 0 Å². The van der Waals surface area contributed by atoms with Crippen molar-refractivity contribution in [2.75, 3.05) is 37.1 Å². The first-order valence-corrected chi connectivity index (χ1v) is 10.2. The van der Waals surface area contributed by atoms with Crippen LogP contribution in [-0.2, 0) is 19.1 Å². The van der Waals surface area contributed by atoms with Gasteiger partial charge in [-0.05, 0) is 47.4 Å². The Bertz CT molecular complexity index is 1080. The summed E-state index contributed by atoms with van der Waals surface area (Å²) in [6.45, 7) is 1.88. The molecule has 2 aliphatic rings. The molecule has 0 saturated carbocycles. The molecule has 31 heavy (non-hydrogen) atoms. The molecule has 9 nitrogen and oxygen atoms in total.